The van der Waals surface area contributed by atoms with Gasteiger partial charge in [-0.15, -0.1) is 0 Å². The Morgan fingerprint density at radius 3 is 2.76 bits per heavy atom. The van der Waals surface area contributed by atoms with Crippen LogP contribution in [0.3, 0.4) is 0 Å². The van der Waals surface area contributed by atoms with Gasteiger partial charge in [-0.05, 0) is 38.5 Å². The SMILES string of the molecule is Cc1ccc(NC(=O)c2c3c(cn2C)S(=O)(=O)N[C@@H]([C@H](O)C#CC(C)(C)O)CO3)cc1C#N. The van der Waals surface area contributed by atoms with Crippen LogP contribution < -0.4 is 14.8 Å². The highest BCUT2D eigenvalue weighted by atomic mass is 32.2. The number of sulfonamides is 1. The Labute approximate surface area is 191 Å². The average Bonchev–Trinajstić information content (AvgIpc) is 3.00. The molecule has 1 aliphatic rings. The maximum Gasteiger partial charge on any atom is 0.276 e. The van der Waals surface area contributed by atoms with Crippen molar-refractivity contribution in [2.45, 2.75) is 43.4 Å². The minimum absolute atomic E-state index is 0.0489. The Balaban J connectivity index is 1.92. The van der Waals surface area contributed by atoms with E-state index in [1.807, 2.05) is 6.07 Å². The van der Waals surface area contributed by atoms with Crippen molar-refractivity contribution in [2.24, 2.45) is 7.05 Å². The predicted octanol–water partition coefficient (Wildman–Crippen LogP) is 0.632. The van der Waals surface area contributed by atoms with Gasteiger partial charge in [-0.3, -0.25) is 4.79 Å². The summed E-state index contributed by atoms with van der Waals surface area (Å²) in [6, 6.07) is 5.74. The van der Waals surface area contributed by atoms with Gasteiger partial charge in [0, 0.05) is 18.9 Å². The zero-order valence-electron chi connectivity index (χ0n) is 18.5. The number of carbonyl (C=O) groups excluding carboxylic acids is 1. The Hall–Kier alpha value is -3.35. The van der Waals surface area contributed by atoms with Crippen LogP contribution in [0.25, 0.3) is 0 Å². The maximum atomic E-state index is 13.0. The zero-order valence-corrected chi connectivity index (χ0v) is 19.3. The van der Waals surface area contributed by atoms with E-state index in [9.17, 15) is 28.7 Å². The summed E-state index contributed by atoms with van der Waals surface area (Å²) in [5.74, 6) is 4.04. The highest BCUT2D eigenvalue weighted by molar-refractivity contribution is 7.89. The molecule has 4 N–H and O–H groups in total. The average molecular weight is 473 g/mol. The molecule has 1 amide bonds. The second-order valence-electron chi connectivity index (χ2n) is 8.19. The van der Waals surface area contributed by atoms with Gasteiger partial charge in [0.05, 0.1) is 17.7 Å². The predicted molar refractivity (Wildman–Crippen MR) is 119 cm³/mol. The molecule has 174 valence electrons. The van der Waals surface area contributed by atoms with E-state index in [0.717, 1.165) is 5.56 Å². The molecule has 1 aromatic carbocycles. The fourth-order valence-corrected chi connectivity index (χ4v) is 4.58. The van der Waals surface area contributed by atoms with Gasteiger partial charge in [0.25, 0.3) is 5.91 Å². The lowest BCUT2D eigenvalue weighted by molar-refractivity contribution is 0.101. The minimum atomic E-state index is -4.16. The van der Waals surface area contributed by atoms with Crippen molar-refractivity contribution in [3.8, 4) is 23.7 Å². The smallest absolute Gasteiger partial charge is 0.276 e. The Morgan fingerprint density at radius 2 is 2.12 bits per heavy atom. The van der Waals surface area contributed by atoms with E-state index in [1.165, 1.54) is 37.7 Å². The number of nitriles is 1. The number of hydrogen-bond donors (Lipinski definition) is 4. The molecular weight excluding hydrogens is 448 g/mol. The molecule has 0 saturated carbocycles. The number of aliphatic hydroxyl groups is 2. The van der Waals surface area contributed by atoms with E-state index in [-0.39, 0.29) is 22.9 Å². The molecule has 3 rings (SSSR count). The van der Waals surface area contributed by atoms with Crippen LogP contribution in [0.4, 0.5) is 5.69 Å². The van der Waals surface area contributed by atoms with Crippen LogP contribution in [-0.4, -0.2) is 53.5 Å². The first-order chi connectivity index (χ1) is 15.3. The van der Waals surface area contributed by atoms with E-state index in [2.05, 4.69) is 21.9 Å². The van der Waals surface area contributed by atoms with E-state index < -0.39 is 33.7 Å². The van der Waals surface area contributed by atoms with Gasteiger partial charge < -0.3 is 24.8 Å². The van der Waals surface area contributed by atoms with Crippen molar-refractivity contribution in [3.63, 3.8) is 0 Å². The second kappa shape index (κ2) is 8.89. The van der Waals surface area contributed by atoms with Crippen LogP contribution in [-0.2, 0) is 17.1 Å². The normalized spacial score (nSPS) is 17.9. The molecule has 10 nitrogen and oxygen atoms in total. The molecular formula is C22H24N4O6S. The number of amides is 1. The molecule has 2 atom stereocenters. The molecule has 1 aliphatic heterocycles. The van der Waals surface area contributed by atoms with Gasteiger partial charge in [0.15, 0.2) is 11.4 Å². The molecule has 11 heteroatoms. The lowest BCUT2D eigenvalue weighted by Crippen LogP contribution is -2.45. The fourth-order valence-electron chi connectivity index (χ4n) is 3.16. The third-order valence-electron chi connectivity index (χ3n) is 4.84. The molecule has 0 spiro atoms. The van der Waals surface area contributed by atoms with Gasteiger partial charge in [0.2, 0.25) is 10.0 Å². The second-order valence-corrected chi connectivity index (χ2v) is 9.87. The third kappa shape index (κ3) is 5.35. The molecule has 0 fully saturated rings. The quantitative estimate of drug-likeness (QED) is 0.478. The van der Waals surface area contributed by atoms with Gasteiger partial charge in [-0.1, -0.05) is 17.9 Å². The Kier molecular flexibility index (Phi) is 6.54. The summed E-state index contributed by atoms with van der Waals surface area (Å²) in [6.45, 7) is 4.31. The first-order valence-corrected chi connectivity index (χ1v) is 11.4. The number of rotatable bonds is 3. The monoisotopic (exact) mass is 472 g/mol. The number of nitrogens with one attached hydrogen (secondary N) is 2. The van der Waals surface area contributed by atoms with Gasteiger partial charge in [0.1, 0.15) is 23.2 Å². The van der Waals surface area contributed by atoms with Crippen LogP contribution in [0.15, 0.2) is 29.3 Å². The molecule has 0 radical (unpaired) electrons. The van der Waals surface area contributed by atoms with Crippen LogP contribution in [0.5, 0.6) is 5.75 Å². The number of carbonyl (C=O) groups is 1. The molecule has 0 saturated heterocycles. The number of benzene rings is 1. The lowest BCUT2D eigenvalue weighted by Gasteiger charge is -2.18. The van der Waals surface area contributed by atoms with Gasteiger partial charge in [-0.2, -0.15) is 5.26 Å². The Bertz CT molecular complexity index is 1310. The molecule has 2 aromatic rings. The molecule has 1 aromatic heterocycles. The standard InChI is InChI=1S/C22H24N4O6S/c1-13-5-6-15(9-14(13)10-23)24-21(28)19-20-18(11-26(19)4)33(30,31)25-16(12-32-20)17(27)7-8-22(2,3)29/h5-6,9,11,16-17,25,27,29H,12H2,1-4H3,(H,24,28)/t16-,17-/m1/s1. The van der Waals surface area contributed by atoms with Crippen LogP contribution >= 0.6 is 0 Å². The first kappa shape index (κ1) is 24.3. The number of aromatic nitrogens is 1. The van der Waals surface area contributed by atoms with Crippen molar-refractivity contribution in [3.05, 3.63) is 41.2 Å². The Morgan fingerprint density at radius 1 is 1.42 bits per heavy atom. The number of aryl methyl sites for hydroxylation is 2. The van der Waals surface area contributed by atoms with Gasteiger partial charge >= 0.3 is 0 Å². The van der Waals surface area contributed by atoms with E-state index >= 15 is 0 Å². The first-order valence-electron chi connectivity index (χ1n) is 9.92. The van der Waals surface area contributed by atoms with Crippen molar-refractivity contribution in [1.82, 2.24) is 9.29 Å². The third-order valence-corrected chi connectivity index (χ3v) is 6.33. The van der Waals surface area contributed by atoms with Crippen LogP contribution in [0.2, 0.25) is 0 Å². The topological polar surface area (TPSA) is 154 Å². The highest BCUT2D eigenvalue weighted by Crippen LogP contribution is 2.33. The summed E-state index contributed by atoms with van der Waals surface area (Å²) >= 11 is 0. The minimum Gasteiger partial charge on any atom is -0.488 e. The summed E-state index contributed by atoms with van der Waals surface area (Å²) in [5.41, 5.74) is 0.0863. The molecule has 0 unspecified atom stereocenters. The summed E-state index contributed by atoms with van der Waals surface area (Å²) < 4.78 is 35.1. The van der Waals surface area contributed by atoms with E-state index in [4.69, 9.17) is 4.74 Å². The molecule has 0 aliphatic carbocycles. The van der Waals surface area contributed by atoms with Crippen molar-refractivity contribution in [1.29, 1.82) is 5.26 Å². The van der Waals surface area contributed by atoms with E-state index in [0.29, 0.717) is 11.3 Å². The number of aliphatic hydroxyl groups excluding tert-OH is 1. The summed E-state index contributed by atoms with van der Waals surface area (Å²) in [7, 11) is -2.66. The zero-order chi connectivity index (χ0) is 24.6. The number of fused-ring (bicyclic) bond motifs is 1. The number of hydrogen-bond acceptors (Lipinski definition) is 7. The van der Waals surface area contributed by atoms with Crippen LogP contribution in [0, 0.1) is 30.1 Å². The number of nitrogens with zero attached hydrogens (tertiary/aromatic N) is 2. The highest BCUT2D eigenvalue weighted by Gasteiger charge is 2.36. The van der Waals surface area contributed by atoms with Crippen LogP contribution in [0.1, 0.15) is 35.5 Å². The summed E-state index contributed by atoms with van der Waals surface area (Å²) in [4.78, 5) is 12.7. The van der Waals surface area contributed by atoms with Crippen molar-refractivity contribution >= 4 is 21.6 Å². The lowest BCUT2D eigenvalue weighted by atomic mass is 10.1. The van der Waals surface area contributed by atoms with Crippen molar-refractivity contribution < 1.29 is 28.2 Å². The fraction of sp³-hybridized carbons (Fsp3) is 0.364. The largest absolute Gasteiger partial charge is 0.488 e. The van der Waals surface area contributed by atoms with Crippen molar-refractivity contribution in [2.75, 3.05) is 11.9 Å². The molecule has 2 heterocycles. The molecule has 33 heavy (non-hydrogen) atoms. The maximum absolute atomic E-state index is 13.0. The summed E-state index contributed by atoms with van der Waals surface area (Å²) in [6.07, 6.45) is -0.224. The number of ether oxygens (including phenoxy) is 1. The summed E-state index contributed by atoms with van der Waals surface area (Å²) in [5, 5.41) is 31.9. The van der Waals surface area contributed by atoms with Gasteiger partial charge in [-0.25, -0.2) is 13.1 Å². The van der Waals surface area contributed by atoms with E-state index in [1.54, 1.807) is 19.1 Å². The molecule has 0 bridgehead atoms. The number of anilines is 1.